The summed E-state index contributed by atoms with van der Waals surface area (Å²) in [5, 5.41) is 11.7. The Hall–Kier alpha value is -2.74. The highest BCUT2D eigenvalue weighted by Crippen LogP contribution is 2.24. The number of fused-ring (bicyclic) bond motifs is 1. The maximum absolute atomic E-state index is 13.3. The SMILES string of the molecule is CC(C)NC(=O)NC1CC2=C(NC(=O)c3cccc(F)c3)C=NC2CN1. The number of urea groups is 1. The number of nitrogens with one attached hydrogen (secondary N) is 4. The highest BCUT2D eigenvalue weighted by molar-refractivity contribution is 5.99. The van der Waals surface area contributed by atoms with E-state index in [0.29, 0.717) is 18.7 Å². The van der Waals surface area contributed by atoms with Crippen molar-refractivity contribution in [2.75, 3.05) is 6.54 Å². The molecule has 1 aromatic rings. The summed E-state index contributed by atoms with van der Waals surface area (Å²) >= 11 is 0. The molecule has 0 aliphatic carbocycles. The van der Waals surface area contributed by atoms with Gasteiger partial charge < -0.3 is 16.0 Å². The lowest BCUT2D eigenvalue weighted by Gasteiger charge is -2.30. The number of hydrogen-bond donors (Lipinski definition) is 4. The normalized spacial score (nSPS) is 21.5. The fourth-order valence-corrected chi connectivity index (χ4v) is 2.99. The zero-order valence-electron chi connectivity index (χ0n) is 14.7. The van der Waals surface area contributed by atoms with E-state index in [2.05, 4.69) is 26.3 Å². The van der Waals surface area contributed by atoms with Crippen molar-refractivity contribution in [3.63, 3.8) is 0 Å². The molecular weight excluding hydrogens is 337 g/mol. The van der Waals surface area contributed by atoms with Crippen LogP contribution in [0, 0.1) is 5.82 Å². The second-order valence-corrected chi connectivity index (χ2v) is 6.63. The van der Waals surface area contributed by atoms with Gasteiger partial charge >= 0.3 is 6.03 Å². The van der Waals surface area contributed by atoms with Crippen molar-refractivity contribution in [3.8, 4) is 0 Å². The number of benzene rings is 1. The third-order valence-electron chi connectivity index (χ3n) is 4.17. The Morgan fingerprint density at radius 3 is 2.88 bits per heavy atom. The standard InChI is InChI=1S/C18H22FN5O2/c1-10(2)22-18(26)24-16-7-13-14(8-21-16)20-9-15(13)23-17(25)11-4-3-5-12(19)6-11/h3-6,9-10,14,16,21H,7-8H2,1-2H3,(H,23,25)(H2,22,24,26). The van der Waals surface area contributed by atoms with E-state index in [1.165, 1.54) is 18.2 Å². The Kier molecular flexibility index (Phi) is 5.32. The molecular formula is C18H22FN5O2. The molecule has 8 heteroatoms. The molecule has 1 fully saturated rings. The van der Waals surface area contributed by atoms with Crippen LogP contribution < -0.4 is 21.3 Å². The molecule has 3 amide bonds. The summed E-state index contributed by atoms with van der Waals surface area (Å²) < 4.78 is 13.3. The van der Waals surface area contributed by atoms with Crippen molar-refractivity contribution in [3.05, 3.63) is 46.9 Å². The molecule has 4 N–H and O–H groups in total. The second-order valence-electron chi connectivity index (χ2n) is 6.63. The molecule has 0 saturated carbocycles. The van der Waals surface area contributed by atoms with Gasteiger partial charge in [-0.3, -0.25) is 15.1 Å². The van der Waals surface area contributed by atoms with Gasteiger partial charge in [-0.05, 0) is 37.6 Å². The minimum absolute atomic E-state index is 0.0430. The number of rotatable bonds is 4. The Balaban J connectivity index is 1.67. The lowest BCUT2D eigenvalue weighted by atomic mass is 9.98. The number of carbonyl (C=O) groups is 2. The van der Waals surface area contributed by atoms with Crippen molar-refractivity contribution < 1.29 is 14.0 Å². The molecule has 0 spiro atoms. The predicted molar refractivity (Wildman–Crippen MR) is 96.4 cm³/mol. The van der Waals surface area contributed by atoms with Gasteiger partial charge in [-0.25, -0.2) is 9.18 Å². The Labute approximate surface area is 151 Å². The molecule has 3 rings (SSSR count). The first-order valence-corrected chi connectivity index (χ1v) is 8.56. The second kappa shape index (κ2) is 7.65. The third-order valence-corrected chi connectivity index (χ3v) is 4.17. The average molecular weight is 359 g/mol. The fraction of sp³-hybridized carbons (Fsp3) is 0.389. The van der Waals surface area contributed by atoms with Crippen LogP contribution in [0.3, 0.4) is 0 Å². The lowest BCUT2D eigenvalue weighted by Crippen LogP contribution is -2.55. The van der Waals surface area contributed by atoms with E-state index in [4.69, 9.17) is 0 Å². The Morgan fingerprint density at radius 1 is 1.35 bits per heavy atom. The van der Waals surface area contributed by atoms with E-state index in [-0.39, 0.29) is 35.8 Å². The summed E-state index contributed by atoms with van der Waals surface area (Å²) in [5.74, 6) is -0.852. The third kappa shape index (κ3) is 4.26. The zero-order chi connectivity index (χ0) is 18.7. The number of piperidine rings is 1. The number of nitrogens with zero attached hydrogens (tertiary/aromatic N) is 1. The number of carbonyl (C=O) groups excluding carboxylic acids is 2. The summed E-state index contributed by atoms with van der Waals surface area (Å²) in [4.78, 5) is 28.6. The Bertz CT molecular complexity index is 775. The van der Waals surface area contributed by atoms with Gasteiger partial charge in [-0.15, -0.1) is 0 Å². The van der Waals surface area contributed by atoms with Gasteiger partial charge in [0.15, 0.2) is 0 Å². The molecule has 1 saturated heterocycles. The number of amides is 3. The van der Waals surface area contributed by atoms with Gasteiger partial charge in [-0.2, -0.15) is 0 Å². The van der Waals surface area contributed by atoms with Crippen LogP contribution in [0.4, 0.5) is 9.18 Å². The molecule has 7 nitrogen and oxygen atoms in total. The highest BCUT2D eigenvalue weighted by atomic mass is 19.1. The highest BCUT2D eigenvalue weighted by Gasteiger charge is 2.31. The van der Waals surface area contributed by atoms with Crippen LogP contribution in [0.5, 0.6) is 0 Å². The molecule has 0 aromatic heterocycles. The molecule has 2 heterocycles. The number of halogens is 1. The van der Waals surface area contributed by atoms with E-state index in [9.17, 15) is 14.0 Å². The van der Waals surface area contributed by atoms with Gasteiger partial charge in [0, 0.05) is 30.8 Å². The molecule has 0 bridgehead atoms. The maximum atomic E-state index is 13.3. The van der Waals surface area contributed by atoms with Gasteiger partial charge in [0.25, 0.3) is 5.91 Å². The van der Waals surface area contributed by atoms with E-state index >= 15 is 0 Å². The fourth-order valence-electron chi connectivity index (χ4n) is 2.99. The van der Waals surface area contributed by atoms with Crippen molar-refractivity contribution >= 4 is 18.2 Å². The first-order chi connectivity index (χ1) is 12.4. The Morgan fingerprint density at radius 2 is 2.15 bits per heavy atom. The topological polar surface area (TPSA) is 94.6 Å². The molecule has 2 unspecified atom stereocenters. The van der Waals surface area contributed by atoms with Gasteiger partial charge in [0.05, 0.1) is 17.9 Å². The van der Waals surface area contributed by atoms with Crippen LogP contribution in [-0.4, -0.2) is 42.9 Å². The largest absolute Gasteiger partial charge is 0.336 e. The molecule has 2 atom stereocenters. The molecule has 138 valence electrons. The van der Waals surface area contributed by atoms with Crippen LogP contribution in [0.2, 0.25) is 0 Å². The van der Waals surface area contributed by atoms with Crippen molar-refractivity contribution in [1.82, 2.24) is 21.3 Å². The van der Waals surface area contributed by atoms with Crippen LogP contribution in [0.25, 0.3) is 0 Å². The van der Waals surface area contributed by atoms with Gasteiger partial charge in [-0.1, -0.05) is 6.07 Å². The van der Waals surface area contributed by atoms with Crippen LogP contribution >= 0.6 is 0 Å². The van der Waals surface area contributed by atoms with Crippen molar-refractivity contribution in [1.29, 1.82) is 0 Å². The van der Waals surface area contributed by atoms with Gasteiger partial charge in [0.2, 0.25) is 0 Å². The number of hydrogen-bond acceptors (Lipinski definition) is 4. The number of allylic oxidation sites excluding steroid dienone is 1. The van der Waals surface area contributed by atoms with E-state index in [0.717, 1.165) is 5.57 Å². The summed E-state index contributed by atoms with van der Waals surface area (Å²) in [6, 6.07) is 5.25. The number of aliphatic imine (C=N–C) groups is 1. The quantitative estimate of drug-likeness (QED) is 0.652. The first-order valence-electron chi connectivity index (χ1n) is 8.56. The van der Waals surface area contributed by atoms with Crippen LogP contribution in [0.15, 0.2) is 40.5 Å². The van der Waals surface area contributed by atoms with E-state index in [1.807, 2.05) is 13.8 Å². The van der Waals surface area contributed by atoms with Crippen LogP contribution in [-0.2, 0) is 0 Å². The summed E-state index contributed by atoms with van der Waals surface area (Å²) in [6.45, 7) is 4.34. The molecule has 2 aliphatic heterocycles. The monoisotopic (exact) mass is 359 g/mol. The van der Waals surface area contributed by atoms with Gasteiger partial charge in [0.1, 0.15) is 5.82 Å². The minimum Gasteiger partial charge on any atom is -0.336 e. The summed E-state index contributed by atoms with van der Waals surface area (Å²) in [5.41, 5.74) is 1.81. The molecule has 0 radical (unpaired) electrons. The minimum atomic E-state index is -0.462. The molecule has 2 aliphatic rings. The summed E-state index contributed by atoms with van der Waals surface area (Å²) in [7, 11) is 0. The van der Waals surface area contributed by atoms with E-state index < -0.39 is 5.82 Å². The van der Waals surface area contributed by atoms with Crippen LogP contribution in [0.1, 0.15) is 30.6 Å². The zero-order valence-corrected chi connectivity index (χ0v) is 14.7. The van der Waals surface area contributed by atoms with E-state index in [1.54, 1.807) is 12.3 Å². The maximum Gasteiger partial charge on any atom is 0.316 e. The summed E-state index contributed by atoms with van der Waals surface area (Å²) in [6.07, 6.45) is 1.90. The average Bonchev–Trinajstić information content (AvgIpc) is 2.96. The predicted octanol–water partition coefficient (Wildman–Crippen LogP) is 1.29. The van der Waals surface area contributed by atoms with Crippen molar-refractivity contribution in [2.24, 2.45) is 4.99 Å². The smallest absolute Gasteiger partial charge is 0.316 e. The van der Waals surface area contributed by atoms with Crippen molar-refractivity contribution in [2.45, 2.75) is 38.5 Å². The first kappa shape index (κ1) is 18.1. The molecule has 26 heavy (non-hydrogen) atoms. The lowest BCUT2D eigenvalue weighted by molar-refractivity contribution is 0.0967. The molecule has 1 aromatic carbocycles.